The zero-order valence-electron chi connectivity index (χ0n) is 18.9. The minimum absolute atomic E-state index is 0.0479. The predicted molar refractivity (Wildman–Crippen MR) is 113 cm³/mol. The first-order valence-corrected chi connectivity index (χ1v) is 10.5. The van der Waals surface area contributed by atoms with Crippen LogP contribution in [0.3, 0.4) is 0 Å². The summed E-state index contributed by atoms with van der Waals surface area (Å²) in [7, 11) is 3.03. The number of carbonyl (C=O) groups excluding carboxylic acids is 4. The van der Waals surface area contributed by atoms with Crippen molar-refractivity contribution in [3.63, 3.8) is 0 Å². The number of nitrogens with zero attached hydrogens (tertiary/aromatic N) is 1. The zero-order chi connectivity index (χ0) is 23.3. The molecule has 0 heterocycles. The van der Waals surface area contributed by atoms with Crippen molar-refractivity contribution >= 4 is 23.9 Å². The van der Waals surface area contributed by atoms with Crippen molar-refractivity contribution in [1.29, 1.82) is 0 Å². The average Bonchev–Trinajstić information content (AvgIpc) is 2.72. The number of carbonyl (C=O) groups is 4. The highest BCUT2D eigenvalue weighted by Gasteiger charge is 2.14. The molecular weight excluding hydrogens is 410 g/mol. The van der Waals surface area contributed by atoms with Gasteiger partial charge < -0.3 is 39.3 Å². The van der Waals surface area contributed by atoms with Crippen LogP contribution in [0.2, 0.25) is 0 Å². The van der Waals surface area contributed by atoms with Crippen LogP contribution in [0.25, 0.3) is 0 Å². The molecule has 3 amide bonds. The quantitative estimate of drug-likeness (QED) is 0.299. The van der Waals surface area contributed by atoms with Gasteiger partial charge in [0.05, 0.1) is 13.2 Å². The summed E-state index contributed by atoms with van der Waals surface area (Å²) in [6.45, 7) is 4.07. The fourth-order valence-electron chi connectivity index (χ4n) is 2.47. The van der Waals surface area contributed by atoms with Crippen LogP contribution in [0.5, 0.6) is 0 Å². The molecule has 0 spiro atoms. The maximum atomic E-state index is 12.5. The van der Waals surface area contributed by atoms with Crippen molar-refractivity contribution < 1.29 is 38.1 Å². The van der Waals surface area contributed by atoms with E-state index >= 15 is 0 Å². The van der Waals surface area contributed by atoms with Gasteiger partial charge in [-0.2, -0.15) is 0 Å². The summed E-state index contributed by atoms with van der Waals surface area (Å²) < 4.78 is 19.4. The number of alkyl carbamates (subject to hydrolysis) is 2. The first-order valence-electron chi connectivity index (χ1n) is 10.5. The Labute approximate surface area is 184 Å². The van der Waals surface area contributed by atoms with E-state index in [0.29, 0.717) is 65.1 Å². The molecule has 0 aromatic carbocycles. The zero-order valence-corrected chi connectivity index (χ0v) is 18.9. The molecule has 0 atom stereocenters. The topological polar surface area (TPSA) is 132 Å². The average molecular weight is 448 g/mol. The number of Topliss-reactive ketones (excluding diaryl/α,β-unsaturated/α-hetero) is 1. The third-order valence-corrected chi connectivity index (χ3v) is 4.06. The lowest BCUT2D eigenvalue weighted by molar-refractivity contribution is -0.131. The summed E-state index contributed by atoms with van der Waals surface area (Å²) in [5.74, 6) is -0.0155. The molecule has 0 radical (unpaired) electrons. The monoisotopic (exact) mass is 447 g/mol. The first kappa shape index (κ1) is 28.6. The van der Waals surface area contributed by atoms with Crippen molar-refractivity contribution in [2.45, 2.75) is 39.0 Å². The Hall–Kier alpha value is -2.40. The molecule has 0 aliphatic carbocycles. The molecular formula is C20H37N3O8. The minimum atomic E-state index is -0.535. The molecule has 2 N–H and O–H groups in total. The van der Waals surface area contributed by atoms with Gasteiger partial charge >= 0.3 is 12.2 Å². The van der Waals surface area contributed by atoms with Gasteiger partial charge in [0.2, 0.25) is 5.91 Å². The Bertz CT molecular complexity index is 501. The molecule has 0 aromatic rings. The van der Waals surface area contributed by atoms with E-state index in [4.69, 9.17) is 18.9 Å². The number of methoxy groups -OCH3 is 2. The van der Waals surface area contributed by atoms with Crippen molar-refractivity contribution in [2.24, 2.45) is 0 Å². The number of amides is 3. The van der Waals surface area contributed by atoms with E-state index in [9.17, 15) is 19.2 Å². The van der Waals surface area contributed by atoms with Crippen LogP contribution in [0, 0.1) is 0 Å². The maximum Gasteiger partial charge on any atom is 0.407 e. The second-order valence-corrected chi connectivity index (χ2v) is 6.75. The lowest BCUT2D eigenvalue weighted by atomic mass is 10.1. The van der Waals surface area contributed by atoms with Crippen LogP contribution in [0.1, 0.15) is 39.0 Å². The molecule has 0 rings (SSSR count). The largest absolute Gasteiger partial charge is 0.447 e. The molecule has 11 heteroatoms. The van der Waals surface area contributed by atoms with Crippen LogP contribution in [-0.4, -0.2) is 95.6 Å². The lowest BCUT2D eigenvalue weighted by Crippen LogP contribution is -2.37. The Morgan fingerprint density at radius 1 is 0.710 bits per heavy atom. The maximum absolute atomic E-state index is 12.5. The number of hydrogen-bond donors (Lipinski definition) is 2. The smallest absolute Gasteiger partial charge is 0.407 e. The van der Waals surface area contributed by atoms with E-state index < -0.39 is 12.2 Å². The molecule has 0 saturated heterocycles. The molecule has 31 heavy (non-hydrogen) atoms. The van der Waals surface area contributed by atoms with E-state index in [-0.39, 0.29) is 31.3 Å². The SMILES string of the molecule is COCCOC(=O)NCCCN(CCCNC(=O)OCCOC)C(=O)CCCC(C)=O. The van der Waals surface area contributed by atoms with E-state index in [0.717, 1.165) is 0 Å². The second kappa shape index (κ2) is 19.6. The van der Waals surface area contributed by atoms with E-state index in [1.54, 1.807) is 4.90 Å². The van der Waals surface area contributed by atoms with Gasteiger partial charge in [-0.25, -0.2) is 9.59 Å². The molecule has 0 aliphatic heterocycles. The van der Waals surface area contributed by atoms with Gasteiger partial charge in [-0.3, -0.25) is 4.79 Å². The van der Waals surface area contributed by atoms with E-state index in [2.05, 4.69) is 10.6 Å². The first-order chi connectivity index (χ1) is 14.9. The summed E-state index contributed by atoms with van der Waals surface area (Å²) in [6, 6.07) is 0. The Morgan fingerprint density at radius 2 is 1.19 bits per heavy atom. The van der Waals surface area contributed by atoms with Crippen LogP contribution in [-0.2, 0) is 28.5 Å². The molecule has 180 valence electrons. The van der Waals surface area contributed by atoms with Gasteiger partial charge in [0.15, 0.2) is 0 Å². The third-order valence-electron chi connectivity index (χ3n) is 4.06. The van der Waals surface area contributed by atoms with Crippen molar-refractivity contribution in [3.05, 3.63) is 0 Å². The second-order valence-electron chi connectivity index (χ2n) is 6.75. The van der Waals surface area contributed by atoms with E-state index in [1.807, 2.05) is 0 Å². The number of ether oxygens (including phenoxy) is 4. The number of ketones is 1. The van der Waals surface area contributed by atoms with Gasteiger partial charge in [-0.05, 0) is 26.2 Å². The summed E-state index contributed by atoms with van der Waals surface area (Å²) in [5, 5.41) is 5.23. The van der Waals surface area contributed by atoms with Gasteiger partial charge in [0.25, 0.3) is 0 Å². The molecule has 0 aromatic heterocycles. The fourth-order valence-corrected chi connectivity index (χ4v) is 2.47. The van der Waals surface area contributed by atoms with Crippen molar-refractivity contribution in [2.75, 3.05) is 66.8 Å². The Morgan fingerprint density at radius 3 is 1.61 bits per heavy atom. The molecule has 0 aliphatic rings. The van der Waals surface area contributed by atoms with Crippen molar-refractivity contribution in [1.82, 2.24) is 15.5 Å². The normalized spacial score (nSPS) is 10.3. The highest BCUT2D eigenvalue weighted by atomic mass is 16.6. The van der Waals surface area contributed by atoms with Gasteiger partial charge in [-0.15, -0.1) is 0 Å². The number of rotatable bonds is 18. The molecule has 11 nitrogen and oxygen atoms in total. The standard InChI is InChI=1S/C20H37N3O8/c1-17(24)7-4-8-18(25)23(11-5-9-21-19(26)30-15-13-28-2)12-6-10-22-20(27)31-16-14-29-3/h4-16H2,1-3H3,(H,21,26)(H,22,27). The van der Waals surface area contributed by atoms with Crippen molar-refractivity contribution in [3.8, 4) is 0 Å². The molecule has 0 fully saturated rings. The van der Waals surface area contributed by atoms with Crippen LogP contribution < -0.4 is 10.6 Å². The van der Waals surface area contributed by atoms with Crippen LogP contribution in [0.4, 0.5) is 9.59 Å². The van der Waals surface area contributed by atoms with Gasteiger partial charge in [0.1, 0.15) is 19.0 Å². The summed E-state index contributed by atoms with van der Waals surface area (Å²) >= 11 is 0. The fraction of sp³-hybridized carbons (Fsp3) is 0.800. The Kier molecular flexibility index (Phi) is 18.0. The predicted octanol–water partition coefficient (Wildman–Crippen LogP) is 1.10. The summed E-state index contributed by atoms with van der Waals surface area (Å²) in [5.41, 5.74) is 0. The van der Waals surface area contributed by atoms with Gasteiger partial charge in [0, 0.05) is 53.2 Å². The number of hydrogen-bond acceptors (Lipinski definition) is 8. The Balaban J connectivity index is 4.29. The van der Waals surface area contributed by atoms with Gasteiger partial charge in [-0.1, -0.05) is 0 Å². The van der Waals surface area contributed by atoms with Crippen LogP contribution >= 0.6 is 0 Å². The highest BCUT2D eigenvalue weighted by Crippen LogP contribution is 2.04. The molecule has 0 unspecified atom stereocenters. The van der Waals surface area contributed by atoms with Crippen LogP contribution in [0.15, 0.2) is 0 Å². The highest BCUT2D eigenvalue weighted by molar-refractivity contribution is 5.78. The molecule has 0 saturated carbocycles. The third kappa shape index (κ3) is 18.1. The number of nitrogens with one attached hydrogen (secondary N) is 2. The lowest BCUT2D eigenvalue weighted by Gasteiger charge is -2.23. The summed E-state index contributed by atoms with van der Waals surface area (Å²) in [4.78, 5) is 48.3. The minimum Gasteiger partial charge on any atom is -0.447 e. The van der Waals surface area contributed by atoms with E-state index in [1.165, 1.54) is 21.1 Å². The summed E-state index contributed by atoms with van der Waals surface area (Å²) in [6.07, 6.45) is 1.16. The molecule has 0 bridgehead atoms.